The Morgan fingerprint density at radius 3 is 1.61 bits per heavy atom. The first-order valence-corrected chi connectivity index (χ1v) is 7.91. The quantitative estimate of drug-likeness (QED) is 0.263. The molecule has 0 atom stereocenters. The summed E-state index contributed by atoms with van der Waals surface area (Å²) in [5.41, 5.74) is -3.08. The lowest BCUT2D eigenvalue weighted by Crippen LogP contribution is -2.13. The third-order valence-electron chi connectivity index (χ3n) is 1.87. The molecule has 0 amide bonds. The zero-order valence-corrected chi connectivity index (χ0v) is 10.8. The molecule has 0 unspecified atom stereocenters. The van der Waals surface area contributed by atoms with Crippen molar-refractivity contribution in [3.8, 4) is 0 Å². The van der Waals surface area contributed by atoms with Crippen LogP contribution in [0.2, 0.25) is 0 Å². The zero-order chi connectivity index (χ0) is 14.6. The van der Waals surface area contributed by atoms with Crippen molar-refractivity contribution in [1.29, 1.82) is 0 Å². The summed E-state index contributed by atoms with van der Waals surface area (Å²) in [5, 5.41) is 0. The Balaban J connectivity index is 4.06. The van der Waals surface area contributed by atoms with Gasteiger partial charge in [-0.05, 0) is 12.8 Å². The average Bonchev–Trinajstić information content (AvgIpc) is 2.19. The van der Waals surface area contributed by atoms with Gasteiger partial charge in [0.25, 0.3) is 0 Å². The fourth-order valence-corrected chi connectivity index (χ4v) is 1.86. The fourth-order valence-electron chi connectivity index (χ4n) is 0.977. The molecule has 0 saturated heterocycles. The van der Waals surface area contributed by atoms with Gasteiger partial charge in [-0.3, -0.25) is 23.5 Å². The van der Waals surface area contributed by atoms with Crippen molar-refractivity contribution in [3.63, 3.8) is 0 Å². The highest BCUT2D eigenvalue weighted by atomic mass is 31.2. The molecule has 0 bridgehead atoms. The molecule has 104 valence electrons. The van der Waals surface area contributed by atoms with Gasteiger partial charge in [-0.25, -0.2) is 0 Å². The van der Waals surface area contributed by atoms with E-state index < -0.39 is 44.9 Å². The third-order valence-corrected chi connectivity index (χ3v) is 3.52. The van der Waals surface area contributed by atoms with Crippen LogP contribution in [0.4, 0.5) is 0 Å². The second-order valence-electron chi connectivity index (χ2n) is 3.42. The van der Waals surface area contributed by atoms with Crippen molar-refractivity contribution in [2.75, 3.05) is 0 Å². The summed E-state index contributed by atoms with van der Waals surface area (Å²) in [4.78, 5) is 66.1. The van der Waals surface area contributed by atoms with E-state index in [-0.39, 0.29) is 12.8 Å². The molecule has 18 heavy (non-hydrogen) atoms. The molecule has 0 spiro atoms. The Hall–Kier alpha value is -0.690. The highest BCUT2D eigenvalue weighted by Crippen LogP contribution is 2.38. The van der Waals surface area contributed by atoms with Crippen molar-refractivity contribution in [3.05, 3.63) is 0 Å². The fraction of sp³-hybridized carbons (Fsp3) is 0.571. The van der Waals surface area contributed by atoms with Gasteiger partial charge in [-0.2, -0.15) is 0 Å². The maximum atomic E-state index is 11.0. The van der Waals surface area contributed by atoms with Crippen molar-refractivity contribution in [1.82, 2.24) is 0 Å². The zero-order valence-electron chi connectivity index (χ0n) is 9.05. The number of rotatable bonds is 8. The normalized spacial score (nSPS) is 12.2. The molecule has 0 fully saturated rings. The van der Waals surface area contributed by atoms with Crippen LogP contribution in [0, 0.1) is 0 Å². The van der Waals surface area contributed by atoms with Crippen LogP contribution in [-0.4, -0.2) is 36.4 Å². The van der Waals surface area contributed by atoms with E-state index in [2.05, 4.69) is 0 Å². The predicted molar refractivity (Wildman–Crippen MR) is 57.6 cm³/mol. The molecular weight excluding hydrogens is 290 g/mol. The molecule has 9 nitrogen and oxygen atoms in total. The first-order chi connectivity index (χ1) is 7.96. The summed E-state index contributed by atoms with van der Waals surface area (Å²) in [5.74, 6) is -1.27. The number of ketones is 1. The summed E-state index contributed by atoms with van der Waals surface area (Å²) < 4.78 is 20.8. The molecule has 0 heterocycles. The van der Waals surface area contributed by atoms with Crippen LogP contribution in [0.5, 0.6) is 0 Å². The lowest BCUT2D eigenvalue weighted by atomic mass is 10.1. The van der Waals surface area contributed by atoms with Gasteiger partial charge in [0.2, 0.25) is 11.3 Å². The minimum atomic E-state index is -5.09. The van der Waals surface area contributed by atoms with Crippen LogP contribution in [0.25, 0.3) is 0 Å². The predicted octanol–water partition coefficient (Wildman–Crippen LogP) is -0.476. The van der Waals surface area contributed by atoms with E-state index in [1.165, 1.54) is 0 Å². The smallest absolute Gasteiger partial charge is 0.319 e. The van der Waals surface area contributed by atoms with Crippen LogP contribution < -0.4 is 0 Å². The van der Waals surface area contributed by atoms with Crippen LogP contribution in [0.1, 0.15) is 25.7 Å². The number of carbonyl (C=O) groups is 3. The van der Waals surface area contributed by atoms with E-state index >= 15 is 0 Å². The summed E-state index contributed by atoms with van der Waals surface area (Å²) in [7, 11) is -9.87. The molecule has 4 N–H and O–H groups in total. The van der Waals surface area contributed by atoms with Crippen molar-refractivity contribution < 1.29 is 43.1 Å². The highest BCUT2D eigenvalue weighted by Gasteiger charge is 2.32. The Morgan fingerprint density at radius 2 is 1.22 bits per heavy atom. The van der Waals surface area contributed by atoms with E-state index in [9.17, 15) is 23.5 Å². The Morgan fingerprint density at radius 1 is 0.778 bits per heavy atom. The summed E-state index contributed by atoms with van der Waals surface area (Å²) in [6.07, 6.45) is -1.10. The Labute approximate surface area is 102 Å². The van der Waals surface area contributed by atoms with Crippen LogP contribution in [0.15, 0.2) is 0 Å². The molecule has 0 aliphatic heterocycles. The number of hydrogen-bond donors (Lipinski definition) is 4. The van der Waals surface area contributed by atoms with Gasteiger partial charge < -0.3 is 19.6 Å². The SMILES string of the molecule is O=C(CCCCC(=O)P(=O)(O)O)C(=O)P(=O)(O)O. The summed E-state index contributed by atoms with van der Waals surface area (Å²) in [6, 6.07) is 0. The van der Waals surface area contributed by atoms with Crippen LogP contribution in [0.3, 0.4) is 0 Å². The number of hydrogen-bond acceptors (Lipinski definition) is 5. The van der Waals surface area contributed by atoms with Crippen molar-refractivity contribution in [2.45, 2.75) is 25.7 Å². The van der Waals surface area contributed by atoms with Crippen molar-refractivity contribution >= 4 is 32.0 Å². The van der Waals surface area contributed by atoms with Gasteiger partial charge in [0.1, 0.15) is 0 Å². The standard InChI is InChI=1S/C7H12O9P2/c8-5(7(10)18(14,15)16)3-1-2-4-6(9)17(11,12)13/h1-4H2,(H2,11,12,13)(H2,14,15,16). The molecule has 0 aliphatic carbocycles. The lowest BCUT2D eigenvalue weighted by Gasteiger charge is -2.03. The molecule has 11 heteroatoms. The van der Waals surface area contributed by atoms with E-state index in [0.717, 1.165) is 0 Å². The molecule has 0 aromatic heterocycles. The average molecular weight is 302 g/mol. The molecule has 0 aromatic rings. The molecule has 0 saturated carbocycles. The summed E-state index contributed by atoms with van der Waals surface area (Å²) >= 11 is 0. The van der Waals surface area contributed by atoms with Gasteiger partial charge in [0.05, 0.1) is 0 Å². The van der Waals surface area contributed by atoms with E-state index in [1.807, 2.05) is 0 Å². The summed E-state index contributed by atoms with van der Waals surface area (Å²) in [6.45, 7) is 0. The molecule has 0 rings (SSSR count). The van der Waals surface area contributed by atoms with Gasteiger partial charge >= 0.3 is 20.7 Å². The van der Waals surface area contributed by atoms with Gasteiger partial charge in [-0.15, -0.1) is 0 Å². The largest absolute Gasteiger partial charge is 0.399 e. The van der Waals surface area contributed by atoms with Gasteiger partial charge in [-0.1, -0.05) is 0 Å². The second-order valence-corrected chi connectivity index (χ2v) is 6.50. The molecular formula is C7H12O9P2. The van der Waals surface area contributed by atoms with Crippen molar-refractivity contribution in [2.24, 2.45) is 0 Å². The monoisotopic (exact) mass is 302 g/mol. The maximum Gasteiger partial charge on any atom is 0.399 e. The second kappa shape index (κ2) is 6.47. The maximum absolute atomic E-state index is 11.0. The minimum Gasteiger partial charge on any atom is -0.319 e. The van der Waals surface area contributed by atoms with E-state index in [4.69, 9.17) is 19.6 Å². The lowest BCUT2D eigenvalue weighted by molar-refractivity contribution is -0.133. The Bertz CT molecular complexity index is 442. The first-order valence-electron chi connectivity index (χ1n) is 4.68. The number of Topliss-reactive ketones (excluding diaryl/α,β-unsaturated/α-hetero) is 1. The topological polar surface area (TPSA) is 166 Å². The number of carbonyl (C=O) groups excluding carboxylic acids is 3. The molecule has 0 aliphatic rings. The van der Waals surface area contributed by atoms with Gasteiger partial charge in [0.15, 0.2) is 0 Å². The minimum absolute atomic E-state index is 0.0654. The Kier molecular flexibility index (Phi) is 6.22. The van der Waals surface area contributed by atoms with E-state index in [0.29, 0.717) is 0 Å². The third kappa shape index (κ3) is 6.30. The molecule has 0 aromatic carbocycles. The first kappa shape index (κ1) is 17.3. The molecule has 0 radical (unpaired) electrons. The van der Waals surface area contributed by atoms with E-state index in [1.54, 1.807) is 0 Å². The van der Waals surface area contributed by atoms with Crippen LogP contribution >= 0.6 is 15.2 Å². The number of unbranched alkanes of at least 4 members (excludes halogenated alkanes) is 1. The van der Waals surface area contributed by atoms with Gasteiger partial charge in [0, 0.05) is 12.8 Å². The van der Waals surface area contributed by atoms with Crippen LogP contribution in [-0.2, 0) is 23.5 Å². The highest BCUT2D eigenvalue weighted by molar-refractivity contribution is 7.73.